The molecule has 1 aliphatic rings. The Morgan fingerprint density at radius 2 is 2.00 bits per heavy atom. The molecule has 1 heterocycles. The molecule has 0 bridgehead atoms. The van der Waals surface area contributed by atoms with E-state index in [2.05, 4.69) is 10.3 Å². The topological polar surface area (TPSA) is 77.0 Å². The van der Waals surface area contributed by atoms with Gasteiger partial charge in [0.1, 0.15) is 12.4 Å². The van der Waals surface area contributed by atoms with Crippen LogP contribution in [0.4, 0.5) is 0 Å². The minimum Gasteiger partial charge on any atom is -0.488 e. The summed E-state index contributed by atoms with van der Waals surface area (Å²) in [5, 5.41) is 2.91. The Kier molecular flexibility index (Phi) is 7.94. The van der Waals surface area contributed by atoms with Gasteiger partial charge in [-0.3, -0.25) is 9.79 Å². The molecule has 0 unspecified atom stereocenters. The molecule has 0 aromatic heterocycles. The van der Waals surface area contributed by atoms with Gasteiger partial charge in [0.15, 0.2) is 0 Å². The van der Waals surface area contributed by atoms with Crippen LogP contribution in [0.25, 0.3) is 6.08 Å². The lowest BCUT2D eigenvalue weighted by atomic mass is 10.1. The van der Waals surface area contributed by atoms with Crippen molar-refractivity contribution in [3.63, 3.8) is 0 Å². The van der Waals surface area contributed by atoms with Gasteiger partial charge in [0.25, 0.3) is 5.91 Å². The Labute approximate surface area is 181 Å². The summed E-state index contributed by atoms with van der Waals surface area (Å²) in [6.07, 6.45) is 10.4. The molecule has 1 aliphatic heterocycles. The standard InChI is InChI=1S/C25H24N2O4/c1-2-30-24(28)13-11-19-10-12-23(31-18-20-7-4-3-5-8-20)22(17-19)25(29)27-21-9-6-15-26-16-14-21/h3-13,15-17H,2,14,18H2,1H3,(H,27,29)/b13-11-. The van der Waals surface area contributed by atoms with Crippen LogP contribution in [0.2, 0.25) is 0 Å². The molecule has 0 spiro atoms. The number of ether oxygens (including phenoxy) is 2. The summed E-state index contributed by atoms with van der Waals surface area (Å²) in [4.78, 5) is 28.7. The molecule has 0 aliphatic carbocycles. The number of carbonyl (C=O) groups excluding carboxylic acids is 2. The number of nitrogens with zero attached hydrogens (tertiary/aromatic N) is 1. The van der Waals surface area contributed by atoms with Crippen LogP contribution in [0.3, 0.4) is 0 Å². The fourth-order valence-corrected chi connectivity index (χ4v) is 2.84. The summed E-state index contributed by atoms with van der Waals surface area (Å²) in [5.74, 6) is -0.287. The van der Waals surface area contributed by atoms with Crippen LogP contribution in [-0.2, 0) is 16.1 Å². The van der Waals surface area contributed by atoms with E-state index >= 15 is 0 Å². The average Bonchev–Trinajstić information content (AvgIpc) is 3.06. The fraction of sp³-hybridized carbons (Fsp3) is 0.160. The van der Waals surface area contributed by atoms with Crippen LogP contribution in [0.5, 0.6) is 5.75 Å². The van der Waals surface area contributed by atoms with E-state index in [-0.39, 0.29) is 5.91 Å². The molecule has 1 amide bonds. The molecule has 6 heteroatoms. The molecule has 0 fully saturated rings. The Morgan fingerprint density at radius 1 is 1.16 bits per heavy atom. The average molecular weight is 416 g/mol. The van der Waals surface area contributed by atoms with E-state index < -0.39 is 5.97 Å². The maximum atomic E-state index is 13.0. The SMILES string of the molecule is CCOC(=O)/C=C\c1ccc(OCc2ccccc2)c(C(=O)NC2=CC=CN=CC2)c1. The zero-order chi connectivity index (χ0) is 21.9. The summed E-state index contributed by atoms with van der Waals surface area (Å²) in [7, 11) is 0. The molecule has 0 radical (unpaired) electrons. The van der Waals surface area contributed by atoms with E-state index in [0.29, 0.717) is 36.5 Å². The number of amides is 1. The Balaban J connectivity index is 1.83. The number of esters is 1. The highest BCUT2D eigenvalue weighted by atomic mass is 16.5. The highest BCUT2D eigenvalue weighted by Gasteiger charge is 2.15. The quantitative estimate of drug-likeness (QED) is 0.510. The molecule has 158 valence electrons. The molecular formula is C25H24N2O4. The molecule has 2 aromatic rings. The number of hydrogen-bond acceptors (Lipinski definition) is 5. The highest BCUT2D eigenvalue weighted by molar-refractivity contribution is 5.99. The van der Waals surface area contributed by atoms with Gasteiger partial charge in [-0.15, -0.1) is 0 Å². The second kappa shape index (κ2) is 11.3. The first-order chi connectivity index (χ1) is 15.2. The molecule has 1 N–H and O–H groups in total. The molecular weight excluding hydrogens is 392 g/mol. The lowest BCUT2D eigenvalue weighted by Gasteiger charge is -2.14. The second-order valence-electron chi connectivity index (χ2n) is 6.64. The summed E-state index contributed by atoms with van der Waals surface area (Å²) in [5.41, 5.74) is 2.77. The number of carbonyl (C=O) groups is 2. The van der Waals surface area contributed by atoms with Crippen molar-refractivity contribution in [2.24, 2.45) is 4.99 Å². The molecule has 3 rings (SSSR count). The first-order valence-electron chi connectivity index (χ1n) is 10.00. The smallest absolute Gasteiger partial charge is 0.330 e. The predicted molar refractivity (Wildman–Crippen MR) is 121 cm³/mol. The minimum atomic E-state index is -0.437. The summed E-state index contributed by atoms with van der Waals surface area (Å²) in [6.45, 7) is 2.38. The lowest BCUT2D eigenvalue weighted by Crippen LogP contribution is -2.23. The summed E-state index contributed by atoms with van der Waals surface area (Å²) >= 11 is 0. The van der Waals surface area contributed by atoms with E-state index in [4.69, 9.17) is 9.47 Å². The zero-order valence-corrected chi connectivity index (χ0v) is 17.3. The van der Waals surface area contributed by atoms with Gasteiger partial charge < -0.3 is 14.8 Å². The monoisotopic (exact) mass is 416 g/mol. The minimum absolute atomic E-state index is 0.301. The molecule has 0 atom stereocenters. The summed E-state index contributed by atoms with van der Waals surface area (Å²) < 4.78 is 10.8. The van der Waals surface area contributed by atoms with Crippen molar-refractivity contribution in [3.05, 3.63) is 95.3 Å². The van der Waals surface area contributed by atoms with Gasteiger partial charge in [-0.2, -0.15) is 0 Å². The molecule has 6 nitrogen and oxygen atoms in total. The number of aliphatic imine (C=N–C) groups is 1. The first-order valence-corrected chi connectivity index (χ1v) is 10.00. The largest absolute Gasteiger partial charge is 0.488 e. The third-order valence-electron chi connectivity index (χ3n) is 4.34. The number of nitrogens with one attached hydrogen (secondary N) is 1. The van der Waals surface area contributed by atoms with Crippen LogP contribution in [0.15, 0.2) is 83.6 Å². The van der Waals surface area contributed by atoms with Gasteiger partial charge in [-0.25, -0.2) is 4.79 Å². The third-order valence-corrected chi connectivity index (χ3v) is 4.34. The van der Waals surface area contributed by atoms with E-state index in [1.807, 2.05) is 30.3 Å². The van der Waals surface area contributed by atoms with Gasteiger partial charge in [0, 0.05) is 30.6 Å². The number of allylic oxidation sites excluding steroid dienone is 3. The highest BCUT2D eigenvalue weighted by Crippen LogP contribution is 2.23. The van der Waals surface area contributed by atoms with Crippen LogP contribution in [-0.4, -0.2) is 24.7 Å². The van der Waals surface area contributed by atoms with Gasteiger partial charge >= 0.3 is 5.97 Å². The molecule has 2 aromatic carbocycles. The third kappa shape index (κ3) is 6.82. The van der Waals surface area contributed by atoms with Crippen molar-refractivity contribution < 1.29 is 19.1 Å². The molecule has 0 saturated heterocycles. The number of rotatable bonds is 8. The van der Waals surface area contributed by atoms with Gasteiger partial charge in [-0.1, -0.05) is 36.4 Å². The molecule has 31 heavy (non-hydrogen) atoms. The number of benzene rings is 2. The Morgan fingerprint density at radius 3 is 2.81 bits per heavy atom. The number of hydrogen-bond donors (Lipinski definition) is 1. The van der Waals surface area contributed by atoms with E-state index in [9.17, 15) is 9.59 Å². The lowest BCUT2D eigenvalue weighted by molar-refractivity contribution is -0.137. The first kappa shape index (κ1) is 21.8. The van der Waals surface area contributed by atoms with E-state index in [0.717, 1.165) is 11.3 Å². The van der Waals surface area contributed by atoms with Crippen molar-refractivity contribution in [1.29, 1.82) is 0 Å². The van der Waals surface area contributed by atoms with E-state index in [1.54, 1.807) is 55.8 Å². The van der Waals surface area contributed by atoms with Crippen molar-refractivity contribution in [3.8, 4) is 5.75 Å². The van der Waals surface area contributed by atoms with Crippen LogP contribution in [0, 0.1) is 0 Å². The van der Waals surface area contributed by atoms with Crippen molar-refractivity contribution in [1.82, 2.24) is 5.32 Å². The van der Waals surface area contributed by atoms with Crippen molar-refractivity contribution in [2.45, 2.75) is 20.0 Å². The van der Waals surface area contributed by atoms with Gasteiger partial charge in [-0.05, 0) is 48.4 Å². The van der Waals surface area contributed by atoms with Crippen molar-refractivity contribution >= 4 is 24.2 Å². The second-order valence-corrected chi connectivity index (χ2v) is 6.64. The van der Waals surface area contributed by atoms with Crippen LogP contribution < -0.4 is 10.1 Å². The Bertz CT molecular complexity index is 1040. The maximum Gasteiger partial charge on any atom is 0.330 e. The normalized spacial score (nSPS) is 12.9. The predicted octanol–water partition coefficient (Wildman–Crippen LogP) is 4.44. The fourth-order valence-electron chi connectivity index (χ4n) is 2.84. The van der Waals surface area contributed by atoms with Gasteiger partial charge in [0.2, 0.25) is 0 Å². The maximum absolute atomic E-state index is 13.0. The zero-order valence-electron chi connectivity index (χ0n) is 17.3. The molecule has 0 saturated carbocycles. The van der Waals surface area contributed by atoms with E-state index in [1.165, 1.54) is 6.08 Å². The van der Waals surface area contributed by atoms with Crippen LogP contribution in [0.1, 0.15) is 34.8 Å². The van der Waals surface area contributed by atoms with Crippen molar-refractivity contribution in [2.75, 3.05) is 6.61 Å². The Hall–Kier alpha value is -3.93. The van der Waals surface area contributed by atoms with Gasteiger partial charge in [0.05, 0.1) is 12.2 Å². The van der Waals surface area contributed by atoms with Crippen LogP contribution >= 0.6 is 0 Å². The summed E-state index contributed by atoms with van der Waals surface area (Å²) in [6, 6.07) is 14.9.